The summed E-state index contributed by atoms with van der Waals surface area (Å²) in [5.41, 5.74) is 0.293. The van der Waals surface area contributed by atoms with Crippen LogP contribution >= 0.6 is 0 Å². The number of nitrogens with one attached hydrogen (secondary N) is 1. The van der Waals surface area contributed by atoms with Gasteiger partial charge in [0.15, 0.2) is 6.61 Å². The minimum absolute atomic E-state index is 0.236. The maximum Gasteiger partial charge on any atom is 0.258 e. The molecule has 0 aliphatic heterocycles. The third-order valence-electron chi connectivity index (χ3n) is 3.80. The van der Waals surface area contributed by atoms with Crippen LogP contribution < -0.4 is 10.1 Å². The molecule has 134 valence electrons. The molecule has 0 bridgehead atoms. The first-order valence-corrected chi connectivity index (χ1v) is 7.94. The van der Waals surface area contributed by atoms with E-state index in [9.17, 15) is 13.6 Å². The second-order valence-corrected chi connectivity index (χ2v) is 5.66. The van der Waals surface area contributed by atoms with Crippen LogP contribution in [0.1, 0.15) is 17.4 Å². The van der Waals surface area contributed by atoms with E-state index in [0.717, 1.165) is 0 Å². The van der Waals surface area contributed by atoms with E-state index >= 15 is 0 Å². The standard InChI is InChI=1S/C19H17F2N3O2/c1-24-10-9-22-19(24)18(15-7-2-3-8-16(15)21)23-17(25)12-26-14-6-4-5-13(20)11-14/h2-11,18H,12H2,1H3,(H,23,25)/t18-/m0/s1. The molecule has 0 aliphatic carbocycles. The Kier molecular flexibility index (Phi) is 5.26. The molecule has 1 N–H and O–H groups in total. The lowest BCUT2D eigenvalue weighted by Crippen LogP contribution is -2.35. The second kappa shape index (κ2) is 7.77. The number of aryl methyl sites for hydroxylation is 1. The summed E-state index contributed by atoms with van der Waals surface area (Å²) in [6.45, 7) is -0.334. The number of benzene rings is 2. The Hall–Kier alpha value is -3.22. The van der Waals surface area contributed by atoms with E-state index in [4.69, 9.17) is 4.74 Å². The van der Waals surface area contributed by atoms with Crippen molar-refractivity contribution in [1.29, 1.82) is 0 Å². The number of ether oxygens (including phenoxy) is 1. The molecule has 1 atom stereocenters. The first kappa shape index (κ1) is 17.6. The summed E-state index contributed by atoms with van der Waals surface area (Å²) in [6.07, 6.45) is 3.27. The van der Waals surface area contributed by atoms with E-state index < -0.39 is 23.6 Å². The normalized spacial score (nSPS) is 11.8. The summed E-state index contributed by atoms with van der Waals surface area (Å²) in [4.78, 5) is 16.5. The second-order valence-electron chi connectivity index (χ2n) is 5.66. The van der Waals surface area contributed by atoms with Crippen molar-refractivity contribution in [2.24, 2.45) is 7.05 Å². The van der Waals surface area contributed by atoms with Crippen molar-refractivity contribution in [3.05, 3.63) is 83.9 Å². The van der Waals surface area contributed by atoms with Crippen molar-refractivity contribution >= 4 is 5.91 Å². The summed E-state index contributed by atoms with van der Waals surface area (Å²) in [7, 11) is 1.76. The molecule has 1 heterocycles. The molecule has 3 aromatic rings. The molecule has 2 aromatic carbocycles. The highest BCUT2D eigenvalue weighted by Gasteiger charge is 2.23. The largest absolute Gasteiger partial charge is 0.484 e. The average molecular weight is 357 g/mol. The average Bonchev–Trinajstić information content (AvgIpc) is 3.04. The Labute approximate surface area is 149 Å². The van der Waals surface area contributed by atoms with Gasteiger partial charge in [0.05, 0.1) is 0 Å². The van der Waals surface area contributed by atoms with Crippen LogP contribution in [0.2, 0.25) is 0 Å². The van der Waals surface area contributed by atoms with E-state index in [2.05, 4.69) is 10.3 Å². The minimum atomic E-state index is -0.778. The van der Waals surface area contributed by atoms with Crippen LogP contribution in [-0.4, -0.2) is 22.1 Å². The quantitative estimate of drug-likeness (QED) is 0.738. The van der Waals surface area contributed by atoms with Crippen LogP contribution in [0, 0.1) is 11.6 Å². The molecule has 0 saturated heterocycles. The minimum Gasteiger partial charge on any atom is -0.484 e. The van der Waals surface area contributed by atoms with Gasteiger partial charge in [-0.2, -0.15) is 0 Å². The van der Waals surface area contributed by atoms with Gasteiger partial charge in [-0.05, 0) is 18.2 Å². The number of rotatable bonds is 6. The van der Waals surface area contributed by atoms with E-state index in [1.165, 1.54) is 24.3 Å². The van der Waals surface area contributed by atoms with Gasteiger partial charge in [0.1, 0.15) is 29.3 Å². The van der Waals surface area contributed by atoms with Crippen LogP contribution in [0.25, 0.3) is 0 Å². The monoisotopic (exact) mass is 357 g/mol. The number of imidazole rings is 1. The summed E-state index contributed by atoms with van der Waals surface area (Å²) in [6, 6.07) is 10.9. The number of carbonyl (C=O) groups is 1. The fourth-order valence-electron chi connectivity index (χ4n) is 2.55. The number of hydrogen-bond acceptors (Lipinski definition) is 3. The van der Waals surface area contributed by atoms with Crippen molar-refractivity contribution in [1.82, 2.24) is 14.9 Å². The highest BCUT2D eigenvalue weighted by Crippen LogP contribution is 2.23. The van der Waals surface area contributed by atoms with Crippen LogP contribution in [0.5, 0.6) is 5.75 Å². The molecule has 26 heavy (non-hydrogen) atoms. The number of aromatic nitrogens is 2. The Morgan fingerprint density at radius 3 is 2.73 bits per heavy atom. The maximum absolute atomic E-state index is 14.2. The van der Waals surface area contributed by atoms with Crippen LogP contribution in [-0.2, 0) is 11.8 Å². The van der Waals surface area contributed by atoms with Gasteiger partial charge < -0.3 is 14.6 Å². The molecular formula is C19H17F2N3O2. The third-order valence-corrected chi connectivity index (χ3v) is 3.80. The molecule has 5 nitrogen and oxygen atoms in total. The molecule has 0 unspecified atom stereocenters. The fraction of sp³-hybridized carbons (Fsp3) is 0.158. The fourth-order valence-corrected chi connectivity index (χ4v) is 2.55. The lowest BCUT2D eigenvalue weighted by atomic mass is 10.1. The van der Waals surface area contributed by atoms with Gasteiger partial charge in [0, 0.05) is 31.1 Å². The van der Waals surface area contributed by atoms with Crippen LogP contribution in [0.3, 0.4) is 0 Å². The molecule has 0 saturated carbocycles. The van der Waals surface area contributed by atoms with E-state index in [-0.39, 0.29) is 12.4 Å². The van der Waals surface area contributed by atoms with Gasteiger partial charge in [-0.1, -0.05) is 24.3 Å². The first-order chi connectivity index (χ1) is 12.5. The highest BCUT2D eigenvalue weighted by atomic mass is 19.1. The molecule has 0 aliphatic rings. The summed E-state index contributed by atoms with van der Waals surface area (Å²) >= 11 is 0. The first-order valence-electron chi connectivity index (χ1n) is 7.94. The van der Waals surface area contributed by atoms with Crippen molar-refractivity contribution in [3.8, 4) is 5.75 Å². The molecule has 3 rings (SSSR count). The van der Waals surface area contributed by atoms with Crippen molar-refractivity contribution < 1.29 is 18.3 Å². The SMILES string of the molecule is Cn1ccnc1[C@@H](NC(=O)COc1cccc(F)c1)c1ccccc1F. The van der Waals surface area contributed by atoms with Crippen LogP contribution in [0.4, 0.5) is 8.78 Å². The van der Waals surface area contributed by atoms with Gasteiger partial charge in [0.25, 0.3) is 5.91 Å². The molecule has 0 spiro atoms. The molecular weight excluding hydrogens is 340 g/mol. The lowest BCUT2D eigenvalue weighted by molar-refractivity contribution is -0.123. The molecule has 1 aromatic heterocycles. The molecule has 0 radical (unpaired) electrons. The summed E-state index contributed by atoms with van der Waals surface area (Å²) < 4.78 is 34.4. The number of halogens is 2. The zero-order valence-electron chi connectivity index (χ0n) is 14.0. The highest BCUT2D eigenvalue weighted by molar-refractivity contribution is 5.78. The predicted octanol–water partition coefficient (Wildman–Crippen LogP) is 2.98. The molecule has 7 heteroatoms. The van der Waals surface area contributed by atoms with Gasteiger partial charge in [0.2, 0.25) is 0 Å². The van der Waals surface area contributed by atoms with E-state index in [1.807, 2.05) is 0 Å². The number of amides is 1. The Morgan fingerprint density at radius 1 is 1.23 bits per heavy atom. The maximum atomic E-state index is 14.2. The zero-order chi connectivity index (χ0) is 18.5. The number of hydrogen-bond donors (Lipinski definition) is 1. The molecule has 1 amide bonds. The Balaban J connectivity index is 1.77. The van der Waals surface area contributed by atoms with Crippen molar-refractivity contribution in [2.75, 3.05) is 6.61 Å². The van der Waals surface area contributed by atoms with Crippen LogP contribution in [0.15, 0.2) is 60.9 Å². The third kappa shape index (κ3) is 4.05. The number of nitrogens with zero attached hydrogens (tertiary/aromatic N) is 2. The predicted molar refractivity (Wildman–Crippen MR) is 91.5 cm³/mol. The topological polar surface area (TPSA) is 56.2 Å². The summed E-state index contributed by atoms with van der Waals surface area (Å²) in [5.74, 6) is -0.675. The van der Waals surface area contributed by atoms with Gasteiger partial charge in [-0.15, -0.1) is 0 Å². The van der Waals surface area contributed by atoms with Crippen molar-refractivity contribution in [2.45, 2.75) is 6.04 Å². The zero-order valence-corrected chi connectivity index (χ0v) is 14.0. The van der Waals surface area contributed by atoms with Gasteiger partial charge >= 0.3 is 0 Å². The van der Waals surface area contributed by atoms with Crippen molar-refractivity contribution in [3.63, 3.8) is 0 Å². The smallest absolute Gasteiger partial charge is 0.258 e. The Bertz CT molecular complexity index is 911. The van der Waals surface area contributed by atoms with E-state index in [1.54, 1.807) is 48.3 Å². The lowest BCUT2D eigenvalue weighted by Gasteiger charge is -2.20. The summed E-state index contributed by atoms with van der Waals surface area (Å²) in [5, 5.41) is 2.72. The van der Waals surface area contributed by atoms with Gasteiger partial charge in [-0.25, -0.2) is 13.8 Å². The number of carbonyl (C=O) groups excluding carboxylic acids is 1. The van der Waals surface area contributed by atoms with Gasteiger partial charge in [-0.3, -0.25) is 4.79 Å². The van der Waals surface area contributed by atoms with E-state index in [0.29, 0.717) is 11.4 Å². The Morgan fingerprint density at radius 2 is 2.04 bits per heavy atom. The molecule has 0 fully saturated rings.